The predicted molar refractivity (Wildman–Crippen MR) is 114 cm³/mol. The summed E-state index contributed by atoms with van der Waals surface area (Å²) in [6.45, 7) is 5.32. The number of hydrogen-bond donors (Lipinski definition) is 4. The number of anilines is 1. The summed E-state index contributed by atoms with van der Waals surface area (Å²) in [6, 6.07) is 7.30. The molecule has 0 saturated carbocycles. The van der Waals surface area contributed by atoms with Crippen LogP contribution in [-0.4, -0.2) is 36.4 Å². The van der Waals surface area contributed by atoms with Gasteiger partial charge < -0.3 is 20.9 Å². The van der Waals surface area contributed by atoms with Gasteiger partial charge in [-0.05, 0) is 43.7 Å². The predicted octanol–water partition coefficient (Wildman–Crippen LogP) is 3.01. The van der Waals surface area contributed by atoms with Crippen LogP contribution in [0.4, 0.5) is 5.69 Å². The molecule has 0 unspecified atom stereocenters. The van der Waals surface area contributed by atoms with Crippen molar-refractivity contribution in [3.05, 3.63) is 51.3 Å². The first-order valence-corrected chi connectivity index (χ1v) is 9.68. The minimum atomic E-state index is -0.205. The SMILES string of the molecule is Cc1[nH]c(/C=C2\C(=O)Nc3ccc(Cl)cc32)c(C)c1C(=O)NCCNCCC#N. The van der Waals surface area contributed by atoms with Crippen LogP contribution in [-0.2, 0) is 4.79 Å². The largest absolute Gasteiger partial charge is 0.358 e. The molecule has 3 rings (SSSR count). The zero-order valence-corrected chi connectivity index (χ0v) is 17.0. The number of nitriles is 1. The van der Waals surface area contributed by atoms with Crippen molar-refractivity contribution in [3.8, 4) is 6.07 Å². The number of nitrogens with one attached hydrogen (secondary N) is 4. The number of fused-ring (bicyclic) bond motifs is 1. The Morgan fingerprint density at radius 2 is 2.07 bits per heavy atom. The standard InChI is InChI=1S/C21H22ClN5O2/c1-12-18(11-16-15-10-14(22)4-5-17(15)27-20(16)28)26-13(2)19(12)21(29)25-9-8-24-7-3-6-23/h4-5,10-11,24,26H,3,7-9H2,1-2H3,(H,25,29)(H,27,28)/b16-11-. The molecule has 1 aliphatic rings. The molecular formula is C21H22ClN5O2. The summed E-state index contributed by atoms with van der Waals surface area (Å²) in [6.07, 6.45) is 2.18. The highest BCUT2D eigenvalue weighted by atomic mass is 35.5. The molecule has 0 saturated heterocycles. The number of aryl methyl sites for hydroxylation is 1. The minimum absolute atomic E-state index is 0.178. The average Bonchev–Trinajstić information content (AvgIpc) is 3.14. The van der Waals surface area contributed by atoms with E-state index in [0.717, 1.165) is 16.8 Å². The molecule has 0 spiro atoms. The molecule has 2 heterocycles. The van der Waals surface area contributed by atoms with Gasteiger partial charge in [-0.2, -0.15) is 5.26 Å². The van der Waals surface area contributed by atoms with E-state index in [2.05, 4.69) is 27.0 Å². The van der Waals surface area contributed by atoms with E-state index in [1.165, 1.54) is 0 Å². The first kappa shape index (κ1) is 20.6. The number of nitrogens with zero attached hydrogens (tertiary/aromatic N) is 1. The molecule has 0 fully saturated rings. The Labute approximate surface area is 174 Å². The van der Waals surface area contributed by atoms with E-state index in [1.807, 2.05) is 13.8 Å². The minimum Gasteiger partial charge on any atom is -0.358 e. The van der Waals surface area contributed by atoms with Crippen molar-refractivity contribution in [1.82, 2.24) is 15.6 Å². The Balaban J connectivity index is 1.78. The Kier molecular flexibility index (Phi) is 6.37. The van der Waals surface area contributed by atoms with Crippen LogP contribution in [0.3, 0.4) is 0 Å². The molecule has 4 N–H and O–H groups in total. The topological polar surface area (TPSA) is 110 Å². The Morgan fingerprint density at radius 3 is 2.83 bits per heavy atom. The quantitative estimate of drug-likeness (QED) is 0.414. The van der Waals surface area contributed by atoms with E-state index in [4.69, 9.17) is 16.9 Å². The monoisotopic (exact) mass is 411 g/mol. The summed E-state index contributed by atoms with van der Waals surface area (Å²) < 4.78 is 0. The first-order chi connectivity index (χ1) is 13.9. The fourth-order valence-corrected chi connectivity index (χ4v) is 3.50. The van der Waals surface area contributed by atoms with Gasteiger partial charge in [0.05, 0.1) is 17.2 Å². The van der Waals surface area contributed by atoms with Gasteiger partial charge in [0, 0.05) is 53.7 Å². The van der Waals surface area contributed by atoms with Gasteiger partial charge in [-0.1, -0.05) is 11.6 Å². The van der Waals surface area contributed by atoms with Crippen molar-refractivity contribution in [2.75, 3.05) is 25.0 Å². The molecule has 1 aromatic heterocycles. The van der Waals surface area contributed by atoms with Crippen LogP contribution in [0.2, 0.25) is 5.02 Å². The smallest absolute Gasteiger partial charge is 0.256 e. The molecule has 2 aromatic rings. The molecule has 7 nitrogen and oxygen atoms in total. The van der Waals surface area contributed by atoms with Crippen LogP contribution >= 0.6 is 11.6 Å². The van der Waals surface area contributed by atoms with Crippen LogP contribution in [0.25, 0.3) is 11.6 Å². The number of rotatable bonds is 7. The van der Waals surface area contributed by atoms with Gasteiger partial charge in [0.15, 0.2) is 0 Å². The normalized spacial score (nSPS) is 13.9. The number of H-pyrrole nitrogens is 1. The molecular weight excluding hydrogens is 390 g/mol. The van der Waals surface area contributed by atoms with Crippen molar-refractivity contribution in [2.24, 2.45) is 0 Å². The summed E-state index contributed by atoms with van der Waals surface area (Å²) in [5, 5.41) is 17.8. The Bertz CT molecular complexity index is 1030. The third-order valence-electron chi connectivity index (χ3n) is 4.76. The van der Waals surface area contributed by atoms with E-state index < -0.39 is 0 Å². The van der Waals surface area contributed by atoms with Crippen molar-refractivity contribution >= 4 is 40.8 Å². The molecule has 0 aliphatic carbocycles. The van der Waals surface area contributed by atoms with Gasteiger partial charge in [-0.25, -0.2) is 0 Å². The number of hydrogen-bond acceptors (Lipinski definition) is 4. The third-order valence-corrected chi connectivity index (χ3v) is 4.99. The number of aromatic amines is 1. The molecule has 0 radical (unpaired) electrons. The maximum Gasteiger partial charge on any atom is 0.256 e. The van der Waals surface area contributed by atoms with Crippen molar-refractivity contribution in [3.63, 3.8) is 0 Å². The van der Waals surface area contributed by atoms with Crippen molar-refractivity contribution in [1.29, 1.82) is 5.26 Å². The zero-order valence-electron chi connectivity index (χ0n) is 16.3. The summed E-state index contributed by atoms with van der Waals surface area (Å²) in [5.41, 5.74) is 4.73. The number of benzene rings is 1. The van der Waals surface area contributed by atoms with E-state index in [0.29, 0.717) is 53.6 Å². The maximum atomic E-state index is 12.6. The van der Waals surface area contributed by atoms with E-state index in [-0.39, 0.29) is 11.8 Å². The van der Waals surface area contributed by atoms with E-state index in [1.54, 1.807) is 24.3 Å². The highest BCUT2D eigenvalue weighted by molar-refractivity contribution is 6.36. The van der Waals surface area contributed by atoms with Crippen LogP contribution in [0.5, 0.6) is 0 Å². The first-order valence-electron chi connectivity index (χ1n) is 9.30. The Morgan fingerprint density at radius 1 is 1.28 bits per heavy atom. The van der Waals surface area contributed by atoms with Crippen LogP contribution in [0.1, 0.15) is 39.3 Å². The van der Waals surface area contributed by atoms with E-state index >= 15 is 0 Å². The number of aromatic nitrogens is 1. The lowest BCUT2D eigenvalue weighted by Gasteiger charge is -2.06. The molecule has 29 heavy (non-hydrogen) atoms. The van der Waals surface area contributed by atoms with Gasteiger partial charge in [0.1, 0.15) is 0 Å². The van der Waals surface area contributed by atoms with Crippen molar-refractivity contribution in [2.45, 2.75) is 20.3 Å². The van der Waals surface area contributed by atoms with Crippen LogP contribution in [0.15, 0.2) is 18.2 Å². The fraction of sp³-hybridized carbons (Fsp3) is 0.286. The van der Waals surface area contributed by atoms with Crippen LogP contribution in [0, 0.1) is 25.2 Å². The molecule has 8 heteroatoms. The summed E-state index contributed by atoms with van der Waals surface area (Å²) in [7, 11) is 0. The van der Waals surface area contributed by atoms with Gasteiger partial charge in [0.25, 0.3) is 11.8 Å². The summed E-state index contributed by atoms with van der Waals surface area (Å²) in [4.78, 5) is 28.2. The number of carbonyl (C=O) groups is 2. The number of halogens is 1. The molecule has 1 aliphatic heterocycles. The maximum absolute atomic E-state index is 12.6. The summed E-state index contributed by atoms with van der Waals surface area (Å²) >= 11 is 6.08. The number of amides is 2. The highest BCUT2D eigenvalue weighted by Gasteiger charge is 2.25. The molecule has 150 valence electrons. The van der Waals surface area contributed by atoms with Crippen LogP contribution < -0.4 is 16.0 Å². The lowest BCUT2D eigenvalue weighted by Crippen LogP contribution is -2.32. The van der Waals surface area contributed by atoms with Gasteiger partial charge in [0.2, 0.25) is 0 Å². The zero-order chi connectivity index (χ0) is 21.0. The van der Waals surface area contributed by atoms with E-state index in [9.17, 15) is 9.59 Å². The number of carbonyl (C=O) groups excluding carboxylic acids is 2. The third kappa shape index (κ3) is 4.50. The molecule has 1 aromatic carbocycles. The average molecular weight is 412 g/mol. The lowest BCUT2D eigenvalue weighted by molar-refractivity contribution is -0.110. The fourth-order valence-electron chi connectivity index (χ4n) is 3.33. The summed E-state index contributed by atoms with van der Waals surface area (Å²) in [5.74, 6) is -0.384. The molecule has 0 atom stereocenters. The second-order valence-corrected chi connectivity index (χ2v) is 7.22. The van der Waals surface area contributed by atoms with Gasteiger partial charge >= 0.3 is 0 Å². The van der Waals surface area contributed by atoms with Crippen molar-refractivity contribution < 1.29 is 9.59 Å². The molecule has 2 amide bonds. The lowest BCUT2D eigenvalue weighted by atomic mass is 10.0. The second-order valence-electron chi connectivity index (χ2n) is 6.78. The highest BCUT2D eigenvalue weighted by Crippen LogP contribution is 2.35. The van der Waals surface area contributed by atoms with Gasteiger partial charge in [-0.15, -0.1) is 0 Å². The Hall–Kier alpha value is -3.08. The van der Waals surface area contributed by atoms with Gasteiger partial charge in [-0.3, -0.25) is 9.59 Å². The molecule has 0 bridgehead atoms. The second kappa shape index (κ2) is 8.95.